The monoisotopic (exact) mass is 349 g/mol. The van der Waals surface area contributed by atoms with Crippen molar-refractivity contribution in [3.8, 4) is 0 Å². The van der Waals surface area contributed by atoms with E-state index in [4.69, 9.17) is 17.3 Å². The van der Waals surface area contributed by atoms with Gasteiger partial charge in [-0.2, -0.15) is 0 Å². The minimum Gasteiger partial charge on any atom is -0.351 e. The lowest BCUT2D eigenvalue weighted by atomic mass is 10.2. The summed E-state index contributed by atoms with van der Waals surface area (Å²) in [5, 5.41) is 5.95. The molecule has 7 heteroatoms. The van der Waals surface area contributed by atoms with Crippen LogP contribution in [0.2, 0.25) is 5.02 Å². The van der Waals surface area contributed by atoms with Crippen LogP contribution < -0.4 is 16.4 Å². The van der Waals surface area contributed by atoms with E-state index in [0.717, 1.165) is 10.5 Å². The van der Waals surface area contributed by atoms with E-state index < -0.39 is 6.03 Å². The van der Waals surface area contributed by atoms with Crippen LogP contribution in [0.15, 0.2) is 53.4 Å². The number of anilines is 1. The predicted octanol–water partition coefficient (Wildman–Crippen LogP) is 3.24. The van der Waals surface area contributed by atoms with E-state index in [1.54, 1.807) is 18.2 Å². The molecule has 120 valence electrons. The summed E-state index contributed by atoms with van der Waals surface area (Å²) < 4.78 is 0. The average molecular weight is 350 g/mol. The number of carbonyl (C=O) groups excluding carboxylic acids is 2. The first-order valence-corrected chi connectivity index (χ1v) is 8.20. The Morgan fingerprint density at radius 2 is 1.78 bits per heavy atom. The van der Waals surface area contributed by atoms with Crippen molar-refractivity contribution in [3.63, 3.8) is 0 Å². The van der Waals surface area contributed by atoms with Crippen molar-refractivity contribution in [1.29, 1.82) is 0 Å². The fourth-order valence-corrected chi connectivity index (χ4v) is 2.87. The van der Waals surface area contributed by atoms with Crippen LogP contribution in [0.3, 0.4) is 0 Å². The lowest BCUT2D eigenvalue weighted by molar-refractivity contribution is -0.118. The molecule has 0 heterocycles. The van der Waals surface area contributed by atoms with Crippen LogP contribution in [-0.4, -0.2) is 17.7 Å². The highest BCUT2D eigenvalue weighted by molar-refractivity contribution is 8.00. The highest BCUT2D eigenvalue weighted by Crippen LogP contribution is 2.26. The largest absolute Gasteiger partial charge is 0.351 e. The third kappa shape index (κ3) is 5.84. The van der Waals surface area contributed by atoms with Crippen LogP contribution in [0.25, 0.3) is 0 Å². The molecule has 2 rings (SSSR count). The van der Waals surface area contributed by atoms with Gasteiger partial charge in [-0.05, 0) is 29.8 Å². The van der Waals surface area contributed by atoms with E-state index in [-0.39, 0.29) is 5.91 Å². The number of carbonyl (C=O) groups is 2. The Labute approximate surface area is 143 Å². The normalized spacial score (nSPS) is 10.1. The number of nitrogens with one attached hydrogen (secondary N) is 2. The van der Waals surface area contributed by atoms with Crippen LogP contribution in [0.4, 0.5) is 10.5 Å². The molecule has 0 atom stereocenters. The first kappa shape index (κ1) is 17.2. The molecule has 0 saturated heterocycles. The molecule has 5 nitrogen and oxygen atoms in total. The number of amides is 3. The average Bonchev–Trinajstić information content (AvgIpc) is 2.53. The fraction of sp³-hybridized carbons (Fsp3) is 0.125. The van der Waals surface area contributed by atoms with Crippen LogP contribution in [0.5, 0.6) is 0 Å². The van der Waals surface area contributed by atoms with Gasteiger partial charge in [-0.25, -0.2) is 4.79 Å². The van der Waals surface area contributed by atoms with Crippen LogP contribution >= 0.6 is 23.4 Å². The maximum Gasteiger partial charge on any atom is 0.316 e. The zero-order valence-corrected chi connectivity index (χ0v) is 13.8. The van der Waals surface area contributed by atoms with E-state index in [1.807, 2.05) is 30.3 Å². The quantitative estimate of drug-likeness (QED) is 0.700. The number of hydrogen-bond acceptors (Lipinski definition) is 3. The Balaban J connectivity index is 1.78. The second-order valence-corrected chi connectivity index (χ2v) is 6.11. The summed E-state index contributed by atoms with van der Waals surface area (Å²) in [7, 11) is 0. The molecule has 0 aromatic heterocycles. The Hall–Kier alpha value is -2.18. The summed E-state index contributed by atoms with van der Waals surface area (Å²) in [5.41, 5.74) is 6.57. The number of primary amides is 1. The smallest absolute Gasteiger partial charge is 0.316 e. The van der Waals surface area contributed by atoms with Crippen molar-refractivity contribution in [2.45, 2.75) is 11.4 Å². The van der Waals surface area contributed by atoms with Crippen molar-refractivity contribution in [2.75, 3.05) is 11.1 Å². The molecular weight excluding hydrogens is 334 g/mol. The lowest BCUT2D eigenvalue weighted by Crippen LogP contribution is -2.24. The van der Waals surface area contributed by atoms with Gasteiger partial charge < -0.3 is 16.4 Å². The zero-order valence-electron chi connectivity index (χ0n) is 12.2. The highest BCUT2D eigenvalue weighted by atomic mass is 35.5. The lowest BCUT2D eigenvalue weighted by Gasteiger charge is -2.07. The first-order chi connectivity index (χ1) is 11.0. The first-order valence-electron chi connectivity index (χ1n) is 6.84. The van der Waals surface area contributed by atoms with E-state index >= 15 is 0 Å². The molecule has 0 aliphatic rings. The molecule has 2 aromatic carbocycles. The van der Waals surface area contributed by atoms with E-state index in [9.17, 15) is 9.59 Å². The van der Waals surface area contributed by atoms with Crippen LogP contribution in [0.1, 0.15) is 5.56 Å². The summed E-state index contributed by atoms with van der Waals surface area (Å²) in [6.45, 7) is 0.415. The third-order valence-corrected chi connectivity index (χ3v) is 4.42. The highest BCUT2D eigenvalue weighted by Gasteiger charge is 2.05. The standard InChI is InChI=1S/C16H16ClN3O2S/c17-13-3-1-2-4-14(13)23-10-15(21)19-9-11-5-7-12(8-6-11)20-16(18)22/h1-8H,9-10H2,(H,19,21)(H3,18,20,22). The molecule has 0 fully saturated rings. The minimum absolute atomic E-state index is 0.0748. The molecule has 0 bridgehead atoms. The van der Waals surface area contributed by atoms with Gasteiger partial charge in [0.25, 0.3) is 0 Å². The summed E-state index contributed by atoms with van der Waals surface area (Å²) in [5.74, 6) is 0.222. The number of halogens is 1. The van der Waals surface area contributed by atoms with E-state index in [1.165, 1.54) is 11.8 Å². The number of urea groups is 1. The fourth-order valence-electron chi connectivity index (χ4n) is 1.80. The van der Waals surface area contributed by atoms with Gasteiger partial charge in [-0.15, -0.1) is 11.8 Å². The van der Waals surface area contributed by atoms with Gasteiger partial charge in [0.05, 0.1) is 10.8 Å². The molecule has 2 aromatic rings. The molecule has 4 N–H and O–H groups in total. The molecule has 0 aliphatic heterocycles. The zero-order chi connectivity index (χ0) is 16.7. The molecule has 0 aliphatic carbocycles. The summed E-state index contributed by atoms with van der Waals surface area (Å²) in [4.78, 5) is 23.5. The Bertz CT molecular complexity index is 692. The van der Waals surface area contributed by atoms with Crippen molar-refractivity contribution in [2.24, 2.45) is 5.73 Å². The SMILES string of the molecule is NC(=O)Nc1ccc(CNC(=O)CSc2ccccc2Cl)cc1. The number of benzene rings is 2. The molecule has 0 spiro atoms. The molecular formula is C16H16ClN3O2S. The van der Waals surface area contributed by atoms with Gasteiger partial charge in [0.1, 0.15) is 0 Å². The Kier molecular flexibility index (Phi) is 6.31. The predicted molar refractivity (Wildman–Crippen MR) is 93.7 cm³/mol. The topological polar surface area (TPSA) is 84.2 Å². The van der Waals surface area contributed by atoms with Gasteiger partial charge in [-0.3, -0.25) is 4.79 Å². The van der Waals surface area contributed by atoms with Crippen molar-refractivity contribution in [1.82, 2.24) is 5.32 Å². The second-order valence-electron chi connectivity index (χ2n) is 4.68. The van der Waals surface area contributed by atoms with Gasteiger partial charge >= 0.3 is 6.03 Å². The van der Waals surface area contributed by atoms with Crippen molar-refractivity contribution < 1.29 is 9.59 Å². The summed E-state index contributed by atoms with van der Waals surface area (Å²) >= 11 is 7.43. The van der Waals surface area contributed by atoms with Crippen LogP contribution in [-0.2, 0) is 11.3 Å². The molecule has 0 radical (unpaired) electrons. The summed E-state index contributed by atoms with van der Waals surface area (Å²) in [6.07, 6.45) is 0. The maximum absolute atomic E-state index is 11.9. The van der Waals surface area contributed by atoms with Gasteiger partial charge in [0.15, 0.2) is 0 Å². The number of hydrogen-bond donors (Lipinski definition) is 3. The summed E-state index contributed by atoms with van der Waals surface area (Å²) in [6, 6.07) is 13.9. The Morgan fingerprint density at radius 1 is 1.09 bits per heavy atom. The Morgan fingerprint density at radius 3 is 2.43 bits per heavy atom. The van der Waals surface area contributed by atoms with Crippen LogP contribution in [0, 0.1) is 0 Å². The third-order valence-electron chi connectivity index (χ3n) is 2.91. The van der Waals surface area contributed by atoms with Gasteiger partial charge in [0, 0.05) is 17.1 Å². The van der Waals surface area contributed by atoms with E-state index in [2.05, 4.69) is 10.6 Å². The molecule has 0 saturated carbocycles. The van der Waals surface area contributed by atoms with E-state index in [0.29, 0.717) is 23.0 Å². The number of rotatable bonds is 6. The second kappa shape index (κ2) is 8.45. The van der Waals surface area contributed by atoms with Gasteiger partial charge in [-0.1, -0.05) is 35.9 Å². The molecule has 23 heavy (non-hydrogen) atoms. The van der Waals surface area contributed by atoms with Gasteiger partial charge in [0.2, 0.25) is 5.91 Å². The minimum atomic E-state index is -0.609. The number of nitrogens with two attached hydrogens (primary N) is 1. The molecule has 3 amide bonds. The molecule has 0 unspecified atom stereocenters. The maximum atomic E-state index is 11.9. The number of thioether (sulfide) groups is 1. The van der Waals surface area contributed by atoms with Crippen molar-refractivity contribution >= 4 is 41.0 Å². The van der Waals surface area contributed by atoms with Crippen molar-refractivity contribution in [3.05, 3.63) is 59.1 Å².